The van der Waals surface area contributed by atoms with E-state index in [1.165, 1.54) is 0 Å². The Hall–Kier alpha value is -0.830. The number of nitrogens with one attached hydrogen (secondary N) is 1. The van der Waals surface area contributed by atoms with E-state index in [0.29, 0.717) is 0 Å². The quantitative estimate of drug-likeness (QED) is 0.419. The smallest absolute Gasteiger partial charge is 0.0480 e. The molecule has 0 unspecified atom stereocenters. The molecule has 0 bridgehead atoms. The third kappa shape index (κ3) is 3.36. The monoisotopic (exact) mass is 113 g/mol. The predicted octanol–water partition coefficient (Wildman–Crippen LogP) is 0.224. The van der Waals surface area contributed by atoms with E-state index in [9.17, 15) is 0 Å². The molecule has 0 rings (SSSR count). The maximum atomic E-state index is 3.84. The van der Waals surface area contributed by atoms with Crippen molar-refractivity contribution in [2.75, 3.05) is 14.1 Å². The summed E-state index contributed by atoms with van der Waals surface area (Å²) in [7, 11) is 3.60. The molecule has 0 spiro atoms. The molecule has 0 aromatic carbocycles. The van der Waals surface area contributed by atoms with Crippen molar-refractivity contribution in [1.29, 1.82) is 0 Å². The fraction of sp³-hybridized carbons (Fsp3) is 0.400. The molecule has 3 heteroatoms. The zero-order valence-electron chi connectivity index (χ0n) is 5.26. The van der Waals surface area contributed by atoms with E-state index in [-0.39, 0.29) is 0 Å². The van der Waals surface area contributed by atoms with Gasteiger partial charge < -0.3 is 0 Å². The highest BCUT2D eigenvalue weighted by Gasteiger charge is 1.76. The van der Waals surface area contributed by atoms with Gasteiger partial charge in [-0.05, 0) is 6.08 Å². The summed E-state index contributed by atoms with van der Waals surface area (Å²) < 4.78 is 0. The second kappa shape index (κ2) is 4.33. The van der Waals surface area contributed by atoms with Crippen LogP contribution in [0.5, 0.6) is 0 Å². The molecule has 3 nitrogen and oxygen atoms in total. The highest BCUT2D eigenvalue weighted by molar-refractivity contribution is 5.69. The van der Waals surface area contributed by atoms with E-state index in [1.807, 2.05) is 0 Å². The van der Waals surface area contributed by atoms with Crippen LogP contribution in [0.15, 0.2) is 17.8 Å². The maximum Gasteiger partial charge on any atom is 0.0480 e. The van der Waals surface area contributed by atoms with Gasteiger partial charge in [-0.2, -0.15) is 5.10 Å². The van der Waals surface area contributed by atoms with Crippen LogP contribution in [0.4, 0.5) is 0 Å². The number of hydrogen-bond donors (Lipinski definition) is 1. The Morgan fingerprint density at radius 3 is 2.75 bits per heavy atom. The number of allylic oxidation sites excluding steroid dienone is 1. The van der Waals surface area contributed by atoms with Gasteiger partial charge in [0.15, 0.2) is 0 Å². The van der Waals surface area contributed by atoms with Gasteiger partial charge in [0.2, 0.25) is 0 Å². The van der Waals surface area contributed by atoms with Gasteiger partial charge in [0.05, 0.1) is 0 Å². The van der Waals surface area contributed by atoms with Gasteiger partial charge in [-0.15, -0.1) is 0 Å². The lowest BCUT2D eigenvalue weighted by Gasteiger charge is -2.07. The minimum absolute atomic E-state index is 1.58. The molecule has 1 N–H and O–H groups in total. The second-order valence-electron chi connectivity index (χ2n) is 1.25. The molecule has 0 aliphatic carbocycles. The Balaban J connectivity index is 3.35. The van der Waals surface area contributed by atoms with Gasteiger partial charge in [0, 0.05) is 20.3 Å². The summed E-state index contributed by atoms with van der Waals surface area (Å²) in [6.07, 6.45) is 3.23. The highest BCUT2D eigenvalue weighted by atomic mass is 15.7. The predicted molar refractivity (Wildman–Crippen MR) is 35.5 cm³/mol. The first-order valence-electron chi connectivity index (χ1n) is 2.37. The largest absolute Gasteiger partial charge is 0.233 e. The number of hydrazone groups is 1. The third-order valence-electron chi connectivity index (χ3n) is 0.669. The van der Waals surface area contributed by atoms with Gasteiger partial charge in [-0.3, -0.25) is 0 Å². The summed E-state index contributed by atoms with van der Waals surface area (Å²) >= 11 is 0. The standard InChI is InChI=1S/C5H11N3/c1-4-5-7-8(3)6-2/h4-6H,1H2,2-3H3/b7-5-. The molecule has 0 aliphatic rings. The molecule has 0 aromatic heterocycles. The molecule has 0 aliphatic heterocycles. The lowest BCUT2D eigenvalue weighted by molar-refractivity contribution is 0.276. The van der Waals surface area contributed by atoms with E-state index in [2.05, 4.69) is 17.1 Å². The Morgan fingerprint density at radius 1 is 1.75 bits per heavy atom. The minimum Gasteiger partial charge on any atom is -0.233 e. The molecular weight excluding hydrogens is 102 g/mol. The highest BCUT2D eigenvalue weighted by Crippen LogP contribution is 1.69. The van der Waals surface area contributed by atoms with Gasteiger partial charge in [-0.25, -0.2) is 10.5 Å². The SMILES string of the molecule is C=C/C=N\N(C)NC. The Kier molecular flexibility index (Phi) is 3.88. The maximum absolute atomic E-state index is 3.84. The average molecular weight is 113 g/mol. The molecule has 0 radical (unpaired) electrons. The van der Waals surface area contributed by atoms with E-state index in [0.717, 1.165) is 0 Å². The molecule has 0 aromatic rings. The topological polar surface area (TPSA) is 27.6 Å². The zero-order valence-corrected chi connectivity index (χ0v) is 5.26. The van der Waals surface area contributed by atoms with Crippen LogP contribution >= 0.6 is 0 Å². The summed E-state index contributed by atoms with van der Waals surface area (Å²) in [6, 6.07) is 0. The lowest BCUT2D eigenvalue weighted by atomic mass is 10.7. The molecule has 0 atom stereocenters. The summed E-state index contributed by atoms with van der Waals surface area (Å²) in [5, 5.41) is 5.43. The normalized spacial score (nSPS) is 9.75. The number of hydrogen-bond acceptors (Lipinski definition) is 3. The van der Waals surface area contributed by atoms with Gasteiger partial charge in [0.25, 0.3) is 0 Å². The van der Waals surface area contributed by atoms with Gasteiger partial charge in [0.1, 0.15) is 0 Å². The first-order chi connectivity index (χ1) is 3.81. The van der Waals surface area contributed by atoms with Crippen molar-refractivity contribution in [3.05, 3.63) is 12.7 Å². The van der Waals surface area contributed by atoms with E-state index < -0.39 is 0 Å². The fourth-order valence-corrected chi connectivity index (χ4v) is 0.205. The molecule has 0 saturated heterocycles. The van der Waals surface area contributed by atoms with Crippen molar-refractivity contribution >= 4 is 6.21 Å². The van der Waals surface area contributed by atoms with Crippen molar-refractivity contribution in [3.63, 3.8) is 0 Å². The van der Waals surface area contributed by atoms with Gasteiger partial charge in [-0.1, -0.05) is 6.58 Å². The summed E-state index contributed by atoms with van der Waals surface area (Å²) in [6.45, 7) is 3.46. The Morgan fingerprint density at radius 2 is 2.38 bits per heavy atom. The number of hydrazine groups is 1. The Bertz CT molecular complexity index is 87.7. The van der Waals surface area contributed by atoms with Crippen molar-refractivity contribution in [2.45, 2.75) is 0 Å². The van der Waals surface area contributed by atoms with Crippen LogP contribution in [0, 0.1) is 0 Å². The van der Waals surface area contributed by atoms with E-state index >= 15 is 0 Å². The fourth-order valence-electron chi connectivity index (χ4n) is 0.205. The van der Waals surface area contributed by atoms with Crippen molar-refractivity contribution in [3.8, 4) is 0 Å². The average Bonchev–Trinajstić information content (AvgIpc) is 1.83. The van der Waals surface area contributed by atoms with E-state index in [1.54, 1.807) is 31.5 Å². The summed E-state index contributed by atoms with van der Waals surface area (Å²) in [4.78, 5) is 0. The summed E-state index contributed by atoms with van der Waals surface area (Å²) in [5.41, 5.74) is 2.79. The molecule has 0 saturated carbocycles. The first kappa shape index (κ1) is 7.17. The van der Waals surface area contributed by atoms with Crippen molar-refractivity contribution in [2.24, 2.45) is 5.10 Å². The summed E-state index contributed by atoms with van der Waals surface area (Å²) in [5.74, 6) is 0. The molecule has 8 heavy (non-hydrogen) atoms. The first-order valence-corrected chi connectivity index (χ1v) is 2.37. The van der Waals surface area contributed by atoms with Crippen LogP contribution in [-0.4, -0.2) is 25.4 Å². The van der Waals surface area contributed by atoms with Crippen LogP contribution in [0.2, 0.25) is 0 Å². The molecule has 0 heterocycles. The molecular formula is C5H11N3. The van der Waals surface area contributed by atoms with Crippen LogP contribution in [-0.2, 0) is 0 Å². The molecule has 0 amide bonds. The Labute approximate surface area is 49.7 Å². The lowest BCUT2D eigenvalue weighted by Crippen LogP contribution is -2.24. The molecule has 0 fully saturated rings. The second-order valence-corrected chi connectivity index (χ2v) is 1.25. The minimum atomic E-state index is 1.58. The number of nitrogens with zero attached hydrogens (tertiary/aromatic N) is 2. The van der Waals surface area contributed by atoms with Crippen molar-refractivity contribution in [1.82, 2.24) is 10.5 Å². The van der Waals surface area contributed by atoms with Crippen LogP contribution in [0.3, 0.4) is 0 Å². The van der Waals surface area contributed by atoms with Crippen LogP contribution < -0.4 is 5.43 Å². The number of rotatable bonds is 3. The van der Waals surface area contributed by atoms with E-state index in [4.69, 9.17) is 0 Å². The third-order valence-corrected chi connectivity index (χ3v) is 0.669. The van der Waals surface area contributed by atoms with Crippen LogP contribution in [0.1, 0.15) is 0 Å². The van der Waals surface area contributed by atoms with Crippen molar-refractivity contribution < 1.29 is 0 Å². The zero-order chi connectivity index (χ0) is 6.41. The van der Waals surface area contributed by atoms with Gasteiger partial charge >= 0.3 is 0 Å². The van der Waals surface area contributed by atoms with Crippen LogP contribution in [0.25, 0.3) is 0 Å². The molecule has 46 valence electrons.